The summed E-state index contributed by atoms with van der Waals surface area (Å²) in [5.74, 6) is 2.45. The van der Waals surface area contributed by atoms with Crippen molar-refractivity contribution in [2.75, 3.05) is 32.7 Å². The lowest BCUT2D eigenvalue weighted by Gasteiger charge is -2.37. The zero-order chi connectivity index (χ0) is 24.0. The summed E-state index contributed by atoms with van der Waals surface area (Å²) in [6.45, 7) is 7.63. The van der Waals surface area contributed by atoms with Crippen molar-refractivity contribution < 1.29 is 9.53 Å². The fourth-order valence-corrected chi connectivity index (χ4v) is 6.38. The number of nitrogens with zero attached hydrogens (tertiary/aromatic N) is 3. The average molecular weight is 478 g/mol. The fourth-order valence-electron chi connectivity index (χ4n) is 6.38. The van der Waals surface area contributed by atoms with Crippen LogP contribution >= 0.6 is 0 Å². The van der Waals surface area contributed by atoms with E-state index in [9.17, 15) is 4.79 Å². The lowest BCUT2D eigenvalue weighted by molar-refractivity contribution is -0.135. The van der Waals surface area contributed by atoms with Crippen LogP contribution in [-0.4, -0.2) is 59.5 Å². The number of likely N-dealkylation sites (tertiary alicyclic amines) is 2. The SMILES string of the molecule is CCCCc1cc(OC2CCN(CC3CCC(C(=O)N4CCCC4)CC3)CC2)c2ncccc2c1. The maximum absolute atomic E-state index is 12.7. The zero-order valence-corrected chi connectivity index (χ0v) is 21.6. The van der Waals surface area contributed by atoms with Crippen LogP contribution in [0.1, 0.15) is 76.7 Å². The average Bonchev–Trinajstić information content (AvgIpc) is 3.44. The molecule has 0 atom stereocenters. The first-order chi connectivity index (χ1) is 17.2. The van der Waals surface area contributed by atoms with Gasteiger partial charge >= 0.3 is 0 Å². The summed E-state index contributed by atoms with van der Waals surface area (Å²) in [6, 6.07) is 8.69. The highest BCUT2D eigenvalue weighted by molar-refractivity contribution is 5.85. The van der Waals surface area contributed by atoms with Gasteiger partial charge in [0.1, 0.15) is 17.4 Å². The highest BCUT2D eigenvalue weighted by Crippen LogP contribution is 2.33. The third-order valence-corrected chi connectivity index (χ3v) is 8.51. The van der Waals surface area contributed by atoms with E-state index < -0.39 is 0 Å². The van der Waals surface area contributed by atoms with Gasteiger partial charge in [-0.2, -0.15) is 0 Å². The number of aryl methyl sites for hydroxylation is 1. The molecular weight excluding hydrogens is 434 g/mol. The van der Waals surface area contributed by atoms with Gasteiger partial charge in [-0.15, -0.1) is 0 Å². The van der Waals surface area contributed by atoms with E-state index in [1.54, 1.807) is 0 Å². The van der Waals surface area contributed by atoms with Crippen molar-refractivity contribution in [3.05, 3.63) is 36.0 Å². The van der Waals surface area contributed by atoms with E-state index in [4.69, 9.17) is 4.74 Å². The maximum Gasteiger partial charge on any atom is 0.225 e. The molecule has 1 amide bonds. The lowest BCUT2D eigenvalue weighted by atomic mass is 9.81. The molecule has 2 aromatic rings. The third kappa shape index (κ3) is 6.17. The molecule has 5 heteroatoms. The molecular formula is C30H43N3O2. The van der Waals surface area contributed by atoms with Crippen molar-refractivity contribution in [2.24, 2.45) is 11.8 Å². The summed E-state index contributed by atoms with van der Waals surface area (Å²) in [5, 5.41) is 1.19. The van der Waals surface area contributed by atoms with E-state index in [2.05, 4.69) is 39.9 Å². The number of ether oxygens (including phenoxy) is 1. The van der Waals surface area contributed by atoms with E-state index in [1.807, 2.05) is 12.3 Å². The number of carbonyl (C=O) groups excluding carboxylic acids is 1. The van der Waals surface area contributed by atoms with E-state index in [-0.39, 0.29) is 6.10 Å². The molecule has 5 nitrogen and oxygen atoms in total. The molecule has 0 unspecified atom stereocenters. The van der Waals surface area contributed by atoms with E-state index in [1.165, 1.54) is 56.0 Å². The Balaban J connectivity index is 1.10. The summed E-state index contributed by atoms with van der Waals surface area (Å²) >= 11 is 0. The number of rotatable bonds is 8. The third-order valence-electron chi connectivity index (χ3n) is 8.51. The van der Waals surface area contributed by atoms with Gasteiger partial charge < -0.3 is 14.5 Å². The number of unbranched alkanes of at least 4 members (excludes halogenated alkanes) is 1. The van der Waals surface area contributed by atoms with Crippen molar-refractivity contribution in [1.82, 2.24) is 14.8 Å². The van der Waals surface area contributed by atoms with Crippen LogP contribution < -0.4 is 4.74 Å². The molecule has 3 heterocycles. The standard InChI is InChI=1S/C30H43N3O2/c1-2-3-7-24-20-26-8-6-15-31-29(26)28(21-24)35-27-13-18-32(19-14-27)22-23-9-11-25(12-10-23)30(34)33-16-4-5-17-33/h6,8,15,20-21,23,25,27H,2-5,7,9-14,16-19,22H2,1H3. The molecule has 2 saturated heterocycles. The second kappa shape index (κ2) is 11.7. The first-order valence-corrected chi connectivity index (χ1v) is 14.2. The second-order valence-electron chi connectivity index (χ2n) is 11.1. The Hall–Kier alpha value is -2.14. The minimum absolute atomic E-state index is 0.270. The second-order valence-corrected chi connectivity index (χ2v) is 11.1. The lowest BCUT2D eigenvalue weighted by Crippen LogP contribution is -2.42. The first kappa shape index (κ1) is 24.5. The van der Waals surface area contributed by atoms with Crippen molar-refractivity contribution in [3.8, 4) is 5.75 Å². The summed E-state index contributed by atoms with van der Waals surface area (Å²) in [6.07, 6.45) is 14.8. The summed E-state index contributed by atoms with van der Waals surface area (Å²) in [5.41, 5.74) is 2.36. The Labute approximate surface area is 211 Å². The Morgan fingerprint density at radius 1 is 1.03 bits per heavy atom. The highest BCUT2D eigenvalue weighted by Gasteiger charge is 2.32. The maximum atomic E-state index is 12.7. The van der Waals surface area contributed by atoms with Gasteiger partial charge in [-0.05, 0) is 93.9 Å². The predicted molar refractivity (Wildman–Crippen MR) is 142 cm³/mol. The van der Waals surface area contributed by atoms with Gasteiger partial charge in [0.25, 0.3) is 0 Å². The number of pyridine rings is 1. The van der Waals surface area contributed by atoms with Crippen LogP contribution in [0.15, 0.2) is 30.5 Å². The van der Waals surface area contributed by atoms with Crippen molar-refractivity contribution in [2.45, 2.75) is 83.7 Å². The summed E-state index contributed by atoms with van der Waals surface area (Å²) < 4.78 is 6.59. The topological polar surface area (TPSA) is 45.7 Å². The molecule has 0 N–H and O–H groups in total. The zero-order valence-electron chi connectivity index (χ0n) is 21.6. The largest absolute Gasteiger partial charge is 0.488 e. The Kier molecular flexibility index (Phi) is 8.23. The number of piperidine rings is 1. The molecule has 3 aliphatic rings. The van der Waals surface area contributed by atoms with Crippen LogP contribution in [-0.2, 0) is 11.2 Å². The van der Waals surface area contributed by atoms with Gasteiger partial charge in [0.05, 0.1) is 0 Å². The minimum Gasteiger partial charge on any atom is -0.488 e. The number of hydrogen-bond acceptors (Lipinski definition) is 4. The quantitative estimate of drug-likeness (QED) is 0.478. The fraction of sp³-hybridized carbons (Fsp3) is 0.667. The summed E-state index contributed by atoms with van der Waals surface area (Å²) in [7, 11) is 0. The highest BCUT2D eigenvalue weighted by atomic mass is 16.5. The van der Waals surface area contributed by atoms with Gasteiger partial charge in [0.2, 0.25) is 5.91 Å². The van der Waals surface area contributed by atoms with Crippen LogP contribution in [0, 0.1) is 11.8 Å². The van der Waals surface area contributed by atoms with Gasteiger partial charge in [0.15, 0.2) is 0 Å². The number of hydrogen-bond donors (Lipinski definition) is 0. The monoisotopic (exact) mass is 477 g/mol. The van der Waals surface area contributed by atoms with Gasteiger partial charge in [-0.25, -0.2) is 0 Å². The molecule has 1 aliphatic carbocycles. The Morgan fingerprint density at radius 3 is 2.54 bits per heavy atom. The van der Waals surface area contributed by atoms with Crippen LogP contribution in [0.4, 0.5) is 0 Å². The Bertz CT molecular complexity index is 971. The predicted octanol–water partition coefficient (Wildman–Crippen LogP) is 5.85. The Morgan fingerprint density at radius 2 is 1.80 bits per heavy atom. The van der Waals surface area contributed by atoms with Crippen molar-refractivity contribution in [1.29, 1.82) is 0 Å². The van der Waals surface area contributed by atoms with Gasteiger partial charge in [-0.1, -0.05) is 19.4 Å². The molecule has 190 valence electrons. The van der Waals surface area contributed by atoms with E-state index >= 15 is 0 Å². The van der Waals surface area contributed by atoms with Crippen LogP contribution in [0.5, 0.6) is 5.75 Å². The number of fused-ring (bicyclic) bond motifs is 1. The van der Waals surface area contributed by atoms with Gasteiger partial charge in [-0.3, -0.25) is 9.78 Å². The molecule has 0 spiro atoms. The van der Waals surface area contributed by atoms with E-state index in [0.29, 0.717) is 11.8 Å². The molecule has 5 rings (SSSR count). The number of aromatic nitrogens is 1. The van der Waals surface area contributed by atoms with Crippen LogP contribution in [0.3, 0.4) is 0 Å². The molecule has 1 aromatic carbocycles. The molecule has 2 aliphatic heterocycles. The number of benzene rings is 1. The molecule has 35 heavy (non-hydrogen) atoms. The molecule has 0 bridgehead atoms. The van der Waals surface area contributed by atoms with Crippen molar-refractivity contribution >= 4 is 16.8 Å². The molecule has 0 radical (unpaired) electrons. The van der Waals surface area contributed by atoms with Crippen molar-refractivity contribution in [3.63, 3.8) is 0 Å². The smallest absolute Gasteiger partial charge is 0.225 e. The molecule has 3 fully saturated rings. The number of amides is 1. The van der Waals surface area contributed by atoms with Crippen LogP contribution in [0.2, 0.25) is 0 Å². The van der Waals surface area contributed by atoms with Gasteiger partial charge in [0, 0.05) is 50.2 Å². The minimum atomic E-state index is 0.270. The summed E-state index contributed by atoms with van der Waals surface area (Å²) in [4.78, 5) is 22.1. The van der Waals surface area contributed by atoms with E-state index in [0.717, 1.165) is 75.5 Å². The number of carbonyl (C=O) groups is 1. The molecule has 1 aromatic heterocycles. The van der Waals surface area contributed by atoms with Crippen LogP contribution in [0.25, 0.3) is 10.9 Å². The normalized spacial score (nSPS) is 24.2. The first-order valence-electron chi connectivity index (χ1n) is 14.2. The molecule has 1 saturated carbocycles.